The van der Waals surface area contributed by atoms with Crippen LogP contribution in [0.3, 0.4) is 0 Å². The summed E-state index contributed by atoms with van der Waals surface area (Å²) in [6.45, 7) is 1.59. The molecule has 0 saturated carbocycles. The highest BCUT2D eigenvalue weighted by Gasteiger charge is 2.13. The van der Waals surface area contributed by atoms with Gasteiger partial charge in [0.1, 0.15) is 0 Å². The molecule has 0 aliphatic heterocycles. The number of rotatable bonds is 3. The molecule has 18 heavy (non-hydrogen) atoms. The van der Waals surface area contributed by atoms with Crippen molar-refractivity contribution in [3.8, 4) is 0 Å². The van der Waals surface area contributed by atoms with E-state index in [0.29, 0.717) is 5.57 Å². The van der Waals surface area contributed by atoms with E-state index in [9.17, 15) is 4.79 Å². The van der Waals surface area contributed by atoms with Gasteiger partial charge in [-0.05, 0) is 34.0 Å². The van der Waals surface area contributed by atoms with Gasteiger partial charge in [0.2, 0.25) is 0 Å². The van der Waals surface area contributed by atoms with Crippen molar-refractivity contribution >= 4 is 31.8 Å². The average molecular weight is 301 g/mol. The first-order chi connectivity index (χ1) is 8.70. The minimum absolute atomic E-state index is 0.0527. The minimum Gasteiger partial charge on any atom is -0.294 e. The summed E-state index contributed by atoms with van der Waals surface area (Å²) in [4.78, 5) is 11.9. The molecular formula is C16H13BrO. The molecule has 0 bridgehead atoms. The second kappa shape index (κ2) is 5.78. The molecular weight excluding hydrogens is 288 g/mol. The predicted molar refractivity (Wildman–Crippen MR) is 79.3 cm³/mol. The molecule has 0 N–H and O–H groups in total. The Hall–Kier alpha value is -1.67. The highest BCUT2D eigenvalue weighted by molar-refractivity contribution is 9.15. The zero-order valence-electron chi connectivity index (χ0n) is 10.1. The highest BCUT2D eigenvalue weighted by atomic mass is 79.9. The quantitative estimate of drug-likeness (QED) is 0.601. The maximum atomic E-state index is 11.9. The second-order valence-electron chi connectivity index (χ2n) is 3.98. The van der Waals surface area contributed by atoms with Crippen LogP contribution in [0.15, 0.2) is 60.7 Å². The monoisotopic (exact) mass is 300 g/mol. The van der Waals surface area contributed by atoms with Gasteiger partial charge in [-0.1, -0.05) is 60.7 Å². The summed E-state index contributed by atoms with van der Waals surface area (Å²) in [6, 6.07) is 19.5. The van der Waals surface area contributed by atoms with Gasteiger partial charge in [-0.2, -0.15) is 0 Å². The molecule has 90 valence electrons. The lowest BCUT2D eigenvalue weighted by Gasteiger charge is -2.08. The first kappa shape index (κ1) is 12.8. The molecule has 0 atom stereocenters. The maximum Gasteiger partial charge on any atom is 0.161 e. The zero-order chi connectivity index (χ0) is 13.0. The fourth-order valence-electron chi connectivity index (χ4n) is 1.82. The first-order valence-electron chi connectivity index (χ1n) is 5.71. The van der Waals surface area contributed by atoms with E-state index in [1.807, 2.05) is 60.7 Å². The Labute approximate surface area is 115 Å². The Morgan fingerprint density at radius 3 is 1.72 bits per heavy atom. The molecule has 2 rings (SSSR count). The molecule has 0 fully saturated rings. The third-order valence-corrected chi connectivity index (χ3v) is 3.52. The molecule has 0 amide bonds. The van der Waals surface area contributed by atoms with Crippen molar-refractivity contribution < 1.29 is 4.79 Å². The fraction of sp³-hybridized carbons (Fsp3) is 0.0625. The summed E-state index contributed by atoms with van der Waals surface area (Å²) in [7, 11) is 0. The molecule has 2 aromatic rings. The van der Waals surface area contributed by atoms with Gasteiger partial charge in [0.25, 0.3) is 0 Å². The van der Waals surface area contributed by atoms with Crippen LogP contribution in [0.25, 0.3) is 10.1 Å². The van der Waals surface area contributed by atoms with E-state index in [2.05, 4.69) is 15.9 Å². The molecule has 0 radical (unpaired) electrons. The number of allylic oxidation sites excluding steroid dienone is 1. The van der Waals surface area contributed by atoms with E-state index in [-0.39, 0.29) is 5.78 Å². The summed E-state index contributed by atoms with van der Waals surface area (Å²) in [5, 5.41) is 0. The lowest BCUT2D eigenvalue weighted by atomic mass is 10.00. The second-order valence-corrected chi connectivity index (χ2v) is 4.77. The Balaban J connectivity index is 2.58. The number of carbonyl (C=O) groups is 1. The van der Waals surface area contributed by atoms with Crippen molar-refractivity contribution in [3.63, 3.8) is 0 Å². The summed E-state index contributed by atoms with van der Waals surface area (Å²) < 4.78 is 0.835. The van der Waals surface area contributed by atoms with Crippen molar-refractivity contribution in [3.05, 3.63) is 71.8 Å². The average Bonchev–Trinajstić information content (AvgIpc) is 2.40. The van der Waals surface area contributed by atoms with Crippen molar-refractivity contribution in [2.24, 2.45) is 0 Å². The summed E-state index contributed by atoms with van der Waals surface area (Å²) in [6.07, 6.45) is 0. The molecule has 0 aliphatic rings. The Morgan fingerprint density at radius 1 is 0.833 bits per heavy atom. The van der Waals surface area contributed by atoms with Gasteiger partial charge in [-0.15, -0.1) is 0 Å². The smallest absolute Gasteiger partial charge is 0.161 e. The molecule has 0 aromatic heterocycles. The van der Waals surface area contributed by atoms with Gasteiger partial charge in [0.05, 0.1) is 0 Å². The maximum absolute atomic E-state index is 11.9. The van der Waals surface area contributed by atoms with Crippen molar-refractivity contribution in [2.75, 3.05) is 0 Å². The van der Waals surface area contributed by atoms with Crippen LogP contribution in [0.4, 0.5) is 0 Å². The van der Waals surface area contributed by atoms with Gasteiger partial charge in [-0.25, -0.2) is 0 Å². The Morgan fingerprint density at radius 2 is 1.28 bits per heavy atom. The fourth-order valence-corrected chi connectivity index (χ4v) is 2.59. The number of hydrogen-bond acceptors (Lipinski definition) is 1. The van der Waals surface area contributed by atoms with Gasteiger partial charge >= 0.3 is 0 Å². The van der Waals surface area contributed by atoms with E-state index >= 15 is 0 Å². The Bertz CT molecular complexity index is 571. The molecule has 0 heterocycles. The van der Waals surface area contributed by atoms with Crippen LogP contribution in [-0.4, -0.2) is 5.78 Å². The number of Topliss-reactive ketones (excluding diaryl/α,β-unsaturated/α-hetero) is 1. The summed E-state index contributed by atoms with van der Waals surface area (Å²) in [5.74, 6) is 0.0527. The summed E-state index contributed by atoms with van der Waals surface area (Å²) >= 11 is 3.55. The van der Waals surface area contributed by atoms with Crippen LogP contribution < -0.4 is 0 Å². The Kier molecular flexibility index (Phi) is 4.11. The van der Waals surface area contributed by atoms with Crippen LogP contribution >= 0.6 is 15.9 Å². The van der Waals surface area contributed by atoms with E-state index in [0.717, 1.165) is 15.6 Å². The van der Waals surface area contributed by atoms with Crippen LogP contribution in [0.1, 0.15) is 18.1 Å². The van der Waals surface area contributed by atoms with Gasteiger partial charge in [0.15, 0.2) is 5.78 Å². The number of halogens is 1. The molecule has 0 aliphatic carbocycles. The van der Waals surface area contributed by atoms with Gasteiger partial charge in [-0.3, -0.25) is 4.79 Å². The van der Waals surface area contributed by atoms with Gasteiger partial charge < -0.3 is 0 Å². The molecule has 0 saturated heterocycles. The van der Waals surface area contributed by atoms with E-state index in [4.69, 9.17) is 0 Å². The van der Waals surface area contributed by atoms with E-state index in [1.165, 1.54) is 0 Å². The van der Waals surface area contributed by atoms with Crippen LogP contribution in [0, 0.1) is 0 Å². The van der Waals surface area contributed by atoms with Crippen molar-refractivity contribution in [2.45, 2.75) is 6.92 Å². The molecule has 0 unspecified atom stereocenters. The standard InChI is InChI=1S/C16H13BrO/c1-12(18)15(13-8-4-2-5-9-13)16(17)14-10-6-3-7-11-14/h2-11H,1H3/b16-15-. The number of carbonyl (C=O) groups excluding carboxylic acids is 1. The van der Waals surface area contributed by atoms with E-state index < -0.39 is 0 Å². The predicted octanol–water partition coefficient (Wildman–Crippen LogP) is 4.54. The number of benzene rings is 2. The van der Waals surface area contributed by atoms with E-state index in [1.54, 1.807) is 6.92 Å². The van der Waals surface area contributed by atoms with Crippen molar-refractivity contribution in [1.82, 2.24) is 0 Å². The zero-order valence-corrected chi connectivity index (χ0v) is 11.6. The van der Waals surface area contributed by atoms with Crippen molar-refractivity contribution in [1.29, 1.82) is 0 Å². The molecule has 2 aromatic carbocycles. The first-order valence-corrected chi connectivity index (χ1v) is 6.51. The van der Waals surface area contributed by atoms with Crippen LogP contribution in [0.5, 0.6) is 0 Å². The van der Waals surface area contributed by atoms with Crippen LogP contribution in [0.2, 0.25) is 0 Å². The summed E-state index contributed by atoms with van der Waals surface area (Å²) in [5.41, 5.74) is 2.65. The SMILES string of the molecule is CC(=O)/C(=C(/Br)c1ccccc1)c1ccccc1. The topological polar surface area (TPSA) is 17.1 Å². The molecule has 1 nitrogen and oxygen atoms in total. The molecule has 0 spiro atoms. The number of hydrogen-bond donors (Lipinski definition) is 0. The van der Waals surface area contributed by atoms with Gasteiger partial charge in [0, 0.05) is 10.1 Å². The third-order valence-electron chi connectivity index (χ3n) is 2.66. The molecule has 2 heteroatoms. The largest absolute Gasteiger partial charge is 0.294 e. The highest BCUT2D eigenvalue weighted by Crippen LogP contribution is 2.31. The lowest BCUT2D eigenvalue weighted by molar-refractivity contribution is -0.111. The third kappa shape index (κ3) is 2.77. The normalized spacial score (nSPS) is 11.9. The number of ketones is 1. The van der Waals surface area contributed by atoms with Crippen LogP contribution in [-0.2, 0) is 4.79 Å². The lowest BCUT2D eigenvalue weighted by Crippen LogP contribution is -1.98. The minimum atomic E-state index is 0.0527.